The van der Waals surface area contributed by atoms with Crippen LogP contribution >= 0.6 is 0 Å². The Labute approximate surface area is 144 Å². The Bertz CT molecular complexity index is 700. The van der Waals surface area contributed by atoms with Crippen LogP contribution in [0.2, 0.25) is 0 Å². The van der Waals surface area contributed by atoms with E-state index in [9.17, 15) is 4.79 Å². The number of hydrogen-bond acceptors (Lipinski definition) is 3. The minimum Gasteiger partial charge on any atom is -0.346 e. The van der Waals surface area contributed by atoms with E-state index in [1.54, 1.807) is 0 Å². The van der Waals surface area contributed by atoms with Gasteiger partial charge in [0, 0.05) is 26.6 Å². The highest BCUT2D eigenvalue weighted by molar-refractivity contribution is 5.78. The van der Waals surface area contributed by atoms with Gasteiger partial charge >= 0.3 is 0 Å². The second-order valence-electron chi connectivity index (χ2n) is 6.89. The maximum atomic E-state index is 12.4. The van der Waals surface area contributed by atoms with Crippen molar-refractivity contribution < 1.29 is 4.79 Å². The van der Waals surface area contributed by atoms with Gasteiger partial charge in [-0.05, 0) is 44.5 Å². The lowest BCUT2D eigenvalue weighted by Crippen LogP contribution is -2.41. The quantitative estimate of drug-likeness (QED) is 0.847. The molecule has 5 heteroatoms. The fourth-order valence-electron chi connectivity index (χ4n) is 3.63. The van der Waals surface area contributed by atoms with Crippen molar-refractivity contribution in [3.63, 3.8) is 0 Å². The summed E-state index contributed by atoms with van der Waals surface area (Å²) >= 11 is 0. The molecule has 5 nitrogen and oxygen atoms in total. The van der Waals surface area contributed by atoms with Gasteiger partial charge in [-0.25, -0.2) is 4.98 Å². The maximum absolute atomic E-state index is 12.4. The van der Waals surface area contributed by atoms with Gasteiger partial charge in [0.2, 0.25) is 5.91 Å². The highest BCUT2D eigenvalue weighted by atomic mass is 16.2. The number of likely N-dealkylation sites (tertiary alicyclic amines) is 1. The molecule has 3 rings (SSSR count). The van der Waals surface area contributed by atoms with Crippen molar-refractivity contribution in [1.82, 2.24) is 19.4 Å². The number of piperidine rings is 1. The molecule has 1 aromatic heterocycles. The van der Waals surface area contributed by atoms with Gasteiger partial charge in [0.25, 0.3) is 0 Å². The SMILES string of the molecule is CCCN(C)C(=O)C1CCN(Cc2nc3ccccc3n2C)CC1. The van der Waals surface area contributed by atoms with E-state index in [2.05, 4.69) is 41.6 Å². The summed E-state index contributed by atoms with van der Waals surface area (Å²) in [5, 5.41) is 0. The van der Waals surface area contributed by atoms with Crippen molar-refractivity contribution in [2.24, 2.45) is 13.0 Å². The summed E-state index contributed by atoms with van der Waals surface area (Å²) in [5.74, 6) is 1.61. The van der Waals surface area contributed by atoms with Crippen LogP contribution in [0.5, 0.6) is 0 Å². The molecule has 0 unspecified atom stereocenters. The van der Waals surface area contributed by atoms with Gasteiger partial charge < -0.3 is 9.47 Å². The molecule has 1 fully saturated rings. The number of rotatable bonds is 5. The molecule has 1 saturated heterocycles. The molecule has 1 aromatic carbocycles. The third kappa shape index (κ3) is 3.46. The first kappa shape index (κ1) is 17.0. The molecule has 130 valence electrons. The molecule has 0 atom stereocenters. The van der Waals surface area contributed by atoms with E-state index in [4.69, 9.17) is 4.98 Å². The zero-order chi connectivity index (χ0) is 17.1. The smallest absolute Gasteiger partial charge is 0.225 e. The average molecular weight is 328 g/mol. The Morgan fingerprint density at radius 2 is 2.00 bits per heavy atom. The molecule has 0 spiro atoms. The molecule has 2 heterocycles. The summed E-state index contributed by atoms with van der Waals surface area (Å²) in [6.07, 6.45) is 2.93. The van der Waals surface area contributed by atoms with Crippen LogP contribution in [0.4, 0.5) is 0 Å². The lowest BCUT2D eigenvalue weighted by Gasteiger charge is -2.32. The summed E-state index contributed by atoms with van der Waals surface area (Å²) in [5.41, 5.74) is 2.24. The van der Waals surface area contributed by atoms with E-state index >= 15 is 0 Å². The van der Waals surface area contributed by atoms with E-state index in [0.717, 1.165) is 56.8 Å². The zero-order valence-electron chi connectivity index (χ0n) is 15.0. The van der Waals surface area contributed by atoms with Crippen molar-refractivity contribution >= 4 is 16.9 Å². The average Bonchev–Trinajstić information content (AvgIpc) is 2.91. The number of aryl methyl sites for hydroxylation is 1. The largest absolute Gasteiger partial charge is 0.346 e. The standard InChI is InChI=1S/C19H28N4O/c1-4-11-21(2)19(24)15-9-12-23(13-10-15)14-18-20-16-7-5-6-8-17(16)22(18)3/h5-8,15H,4,9-14H2,1-3H3. The van der Waals surface area contributed by atoms with E-state index in [-0.39, 0.29) is 5.92 Å². The van der Waals surface area contributed by atoms with Crippen molar-refractivity contribution in [2.45, 2.75) is 32.7 Å². The van der Waals surface area contributed by atoms with Crippen molar-refractivity contribution in [1.29, 1.82) is 0 Å². The molecule has 0 N–H and O–H groups in total. The Hall–Kier alpha value is -1.88. The molecule has 0 saturated carbocycles. The molecular formula is C19H28N4O. The molecule has 0 bridgehead atoms. The van der Waals surface area contributed by atoms with E-state index in [1.165, 1.54) is 5.52 Å². The van der Waals surface area contributed by atoms with Crippen LogP contribution in [0, 0.1) is 5.92 Å². The Morgan fingerprint density at radius 3 is 2.67 bits per heavy atom. The van der Waals surface area contributed by atoms with Crippen LogP contribution in [0.3, 0.4) is 0 Å². The fraction of sp³-hybridized carbons (Fsp3) is 0.579. The van der Waals surface area contributed by atoms with Crippen molar-refractivity contribution in [3.8, 4) is 0 Å². The first-order chi connectivity index (χ1) is 11.6. The summed E-state index contributed by atoms with van der Waals surface area (Å²) < 4.78 is 2.18. The van der Waals surface area contributed by atoms with Crippen LogP contribution < -0.4 is 0 Å². The minimum absolute atomic E-state index is 0.193. The molecule has 1 amide bonds. The van der Waals surface area contributed by atoms with Gasteiger partial charge in [-0.2, -0.15) is 0 Å². The number of carbonyl (C=O) groups excluding carboxylic acids is 1. The van der Waals surface area contributed by atoms with E-state index < -0.39 is 0 Å². The molecular weight excluding hydrogens is 300 g/mol. The Kier molecular flexibility index (Phi) is 5.19. The monoisotopic (exact) mass is 328 g/mol. The summed E-state index contributed by atoms with van der Waals surface area (Å²) in [6.45, 7) is 5.78. The summed E-state index contributed by atoms with van der Waals surface area (Å²) in [4.78, 5) is 21.5. The third-order valence-electron chi connectivity index (χ3n) is 5.12. The first-order valence-electron chi connectivity index (χ1n) is 8.97. The molecule has 1 aliphatic heterocycles. The van der Waals surface area contributed by atoms with Crippen LogP contribution in [0.1, 0.15) is 32.0 Å². The topological polar surface area (TPSA) is 41.4 Å². The summed E-state index contributed by atoms with van der Waals surface area (Å²) in [7, 11) is 4.01. The second-order valence-corrected chi connectivity index (χ2v) is 6.89. The van der Waals surface area contributed by atoms with Gasteiger partial charge in [0.15, 0.2) is 0 Å². The molecule has 1 aliphatic rings. The maximum Gasteiger partial charge on any atom is 0.225 e. The van der Waals surface area contributed by atoms with Crippen LogP contribution in [0.25, 0.3) is 11.0 Å². The normalized spacial score (nSPS) is 16.6. The number of aromatic nitrogens is 2. The second kappa shape index (κ2) is 7.34. The number of fused-ring (bicyclic) bond motifs is 1. The predicted octanol–water partition coefficient (Wildman–Crippen LogP) is 2.65. The van der Waals surface area contributed by atoms with Crippen LogP contribution in [0.15, 0.2) is 24.3 Å². The van der Waals surface area contributed by atoms with Gasteiger partial charge in [0.1, 0.15) is 5.82 Å². The number of imidazole rings is 1. The molecule has 24 heavy (non-hydrogen) atoms. The van der Waals surface area contributed by atoms with Crippen molar-refractivity contribution in [3.05, 3.63) is 30.1 Å². The molecule has 0 radical (unpaired) electrons. The number of nitrogens with zero attached hydrogens (tertiary/aromatic N) is 4. The van der Waals surface area contributed by atoms with Gasteiger partial charge in [-0.3, -0.25) is 9.69 Å². The number of hydrogen-bond donors (Lipinski definition) is 0. The Balaban J connectivity index is 1.59. The lowest BCUT2D eigenvalue weighted by molar-refractivity contribution is -0.135. The fourth-order valence-corrected chi connectivity index (χ4v) is 3.63. The van der Waals surface area contributed by atoms with Crippen LogP contribution in [-0.4, -0.2) is 51.9 Å². The number of para-hydroxylation sites is 2. The van der Waals surface area contributed by atoms with Gasteiger partial charge in [0.05, 0.1) is 17.6 Å². The minimum atomic E-state index is 0.193. The zero-order valence-corrected chi connectivity index (χ0v) is 15.0. The highest BCUT2D eigenvalue weighted by Gasteiger charge is 2.27. The van der Waals surface area contributed by atoms with Gasteiger partial charge in [-0.1, -0.05) is 19.1 Å². The number of carbonyl (C=O) groups is 1. The number of amides is 1. The van der Waals surface area contributed by atoms with E-state index in [1.807, 2.05) is 18.0 Å². The molecule has 0 aliphatic carbocycles. The first-order valence-corrected chi connectivity index (χ1v) is 8.97. The van der Waals surface area contributed by atoms with E-state index in [0.29, 0.717) is 5.91 Å². The summed E-state index contributed by atoms with van der Waals surface area (Å²) in [6, 6.07) is 8.26. The predicted molar refractivity (Wildman–Crippen MR) is 96.6 cm³/mol. The van der Waals surface area contributed by atoms with Crippen molar-refractivity contribution in [2.75, 3.05) is 26.7 Å². The Morgan fingerprint density at radius 1 is 1.29 bits per heavy atom. The number of benzene rings is 1. The third-order valence-corrected chi connectivity index (χ3v) is 5.12. The molecule has 2 aromatic rings. The van der Waals surface area contributed by atoms with Gasteiger partial charge in [-0.15, -0.1) is 0 Å². The lowest BCUT2D eigenvalue weighted by atomic mass is 9.95. The highest BCUT2D eigenvalue weighted by Crippen LogP contribution is 2.22. The van der Waals surface area contributed by atoms with Crippen LogP contribution in [-0.2, 0) is 18.4 Å².